The van der Waals surface area contributed by atoms with Crippen molar-refractivity contribution in [2.45, 2.75) is 45.6 Å². The summed E-state index contributed by atoms with van der Waals surface area (Å²) in [6, 6.07) is 0. The molecule has 1 aliphatic heterocycles. The van der Waals surface area contributed by atoms with Gasteiger partial charge >= 0.3 is 5.97 Å². The van der Waals surface area contributed by atoms with Crippen molar-refractivity contribution in [3.8, 4) is 0 Å². The van der Waals surface area contributed by atoms with Gasteiger partial charge in [0.1, 0.15) is 5.78 Å². The van der Waals surface area contributed by atoms with Gasteiger partial charge in [-0.15, -0.1) is 0 Å². The molecule has 0 amide bonds. The van der Waals surface area contributed by atoms with Crippen LogP contribution in [0.15, 0.2) is 0 Å². The Bertz CT molecular complexity index is 432. The molecule has 6 atom stereocenters. The molecule has 2 saturated carbocycles. The van der Waals surface area contributed by atoms with Gasteiger partial charge in [0.15, 0.2) is 0 Å². The van der Waals surface area contributed by atoms with E-state index in [9.17, 15) is 9.59 Å². The van der Waals surface area contributed by atoms with Crippen LogP contribution in [0, 0.1) is 29.1 Å². The molecule has 0 aromatic rings. The topological polar surface area (TPSA) is 52.6 Å². The number of carbonyl (C=O) groups excluding carboxylic acids is 2. The quantitative estimate of drug-likeness (QED) is 0.728. The average Bonchev–Trinajstić information content (AvgIpc) is 2.74. The van der Waals surface area contributed by atoms with Crippen LogP contribution in [0.4, 0.5) is 0 Å². The van der Waals surface area contributed by atoms with Gasteiger partial charge in [0.25, 0.3) is 0 Å². The van der Waals surface area contributed by atoms with Gasteiger partial charge in [-0.3, -0.25) is 9.59 Å². The van der Waals surface area contributed by atoms with Crippen molar-refractivity contribution < 1.29 is 19.1 Å². The second-order valence-electron chi connectivity index (χ2n) is 6.93. The van der Waals surface area contributed by atoms with Crippen molar-refractivity contribution in [2.75, 3.05) is 13.7 Å². The van der Waals surface area contributed by atoms with Gasteiger partial charge in [0.2, 0.25) is 0 Å². The molecule has 1 unspecified atom stereocenters. The summed E-state index contributed by atoms with van der Waals surface area (Å²) in [5.41, 5.74) is 0.199. The van der Waals surface area contributed by atoms with Gasteiger partial charge in [-0.2, -0.15) is 0 Å². The van der Waals surface area contributed by atoms with E-state index < -0.39 is 0 Å². The molecule has 3 fully saturated rings. The Morgan fingerprint density at radius 2 is 2.20 bits per heavy atom. The van der Waals surface area contributed by atoms with Crippen LogP contribution in [0.1, 0.15) is 39.5 Å². The number of esters is 1. The number of carbonyl (C=O) groups is 2. The number of methoxy groups -OCH3 is 1. The third-order valence-electron chi connectivity index (χ3n) is 6.15. The minimum absolute atomic E-state index is 0.0529. The maximum Gasteiger partial charge on any atom is 0.308 e. The van der Waals surface area contributed by atoms with Crippen LogP contribution in [0.2, 0.25) is 0 Å². The lowest BCUT2D eigenvalue weighted by Gasteiger charge is -2.48. The van der Waals surface area contributed by atoms with E-state index >= 15 is 0 Å². The zero-order valence-corrected chi connectivity index (χ0v) is 12.6. The monoisotopic (exact) mass is 280 g/mol. The van der Waals surface area contributed by atoms with E-state index in [0.717, 1.165) is 25.9 Å². The van der Waals surface area contributed by atoms with Gasteiger partial charge in [-0.05, 0) is 25.2 Å². The molecule has 1 heterocycles. The van der Waals surface area contributed by atoms with E-state index in [1.807, 2.05) is 13.8 Å². The minimum atomic E-state index is -0.159. The third kappa shape index (κ3) is 1.84. The van der Waals surface area contributed by atoms with Crippen molar-refractivity contribution in [2.24, 2.45) is 29.1 Å². The fourth-order valence-electron chi connectivity index (χ4n) is 4.93. The average molecular weight is 280 g/mol. The number of hydrogen-bond donors (Lipinski definition) is 0. The van der Waals surface area contributed by atoms with E-state index in [-0.39, 0.29) is 35.2 Å². The maximum absolute atomic E-state index is 12.1. The molecule has 0 aromatic carbocycles. The Kier molecular flexibility index (Phi) is 3.39. The first-order valence-electron chi connectivity index (χ1n) is 7.72. The lowest BCUT2D eigenvalue weighted by atomic mass is 9.53. The Balaban J connectivity index is 1.87. The summed E-state index contributed by atoms with van der Waals surface area (Å²) in [5, 5.41) is 0. The maximum atomic E-state index is 12.1. The van der Waals surface area contributed by atoms with Crippen LogP contribution in [-0.2, 0) is 19.1 Å². The van der Waals surface area contributed by atoms with Crippen LogP contribution >= 0.6 is 0 Å². The zero-order chi connectivity index (χ0) is 14.5. The Morgan fingerprint density at radius 3 is 2.90 bits per heavy atom. The van der Waals surface area contributed by atoms with Crippen LogP contribution in [0.3, 0.4) is 0 Å². The van der Waals surface area contributed by atoms with Crippen LogP contribution < -0.4 is 0 Å². The minimum Gasteiger partial charge on any atom is -0.469 e. The van der Waals surface area contributed by atoms with E-state index in [2.05, 4.69) is 0 Å². The molecule has 0 N–H and O–H groups in total. The predicted octanol–water partition coefficient (Wildman–Crippen LogP) is 2.21. The molecule has 20 heavy (non-hydrogen) atoms. The Labute approximate surface area is 120 Å². The number of hydrogen-bond acceptors (Lipinski definition) is 4. The Hall–Kier alpha value is -0.900. The molecule has 0 aromatic heterocycles. The van der Waals surface area contributed by atoms with Gasteiger partial charge in [-0.25, -0.2) is 0 Å². The highest BCUT2D eigenvalue weighted by molar-refractivity contribution is 5.82. The fourth-order valence-corrected chi connectivity index (χ4v) is 4.93. The van der Waals surface area contributed by atoms with Crippen molar-refractivity contribution in [3.63, 3.8) is 0 Å². The lowest BCUT2D eigenvalue weighted by molar-refractivity contribution is -0.151. The van der Waals surface area contributed by atoms with Gasteiger partial charge in [0.05, 0.1) is 25.7 Å². The molecule has 0 spiro atoms. The van der Waals surface area contributed by atoms with Crippen molar-refractivity contribution in [1.29, 1.82) is 0 Å². The first kappa shape index (κ1) is 14.1. The highest BCUT2D eigenvalue weighted by Gasteiger charge is 2.60. The fraction of sp³-hybridized carbons (Fsp3) is 0.875. The lowest BCUT2D eigenvalue weighted by Crippen LogP contribution is -2.51. The number of rotatable bonds is 2. The molecule has 2 aliphatic carbocycles. The molecule has 112 valence electrons. The standard InChI is InChI=1S/C16H24O4/c1-9(15(18)19-3)11-4-6-16-7-5-12(17)10(2)13(16)14(11)20-8-16/h9-11,13-14H,4-8H2,1-3H3/t9-,10+,11?,13+,14+,16-/m0/s1. The van der Waals surface area contributed by atoms with Crippen molar-refractivity contribution in [1.82, 2.24) is 0 Å². The van der Waals surface area contributed by atoms with Gasteiger partial charge < -0.3 is 9.47 Å². The normalized spacial score (nSPS) is 44.9. The highest BCUT2D eigenvalue weighted by atomic mass is 16.5. The first-order chi connectivity index (χ1) is 9.50. The van der Waals surface area contributed by atoms with E-state index in [0.29, 0.717) is 18.1 Å². The molecular weight excluding hydrogens is 256 g/mol. The molecule has 0 radical (unpaired) electrons. The third-order valence-corrected chi connectivity index (χ3v) is 6.15. The number of Topliss-reactive ketones (excluding diaryl/α,β-unsaturated/α-hetero) is 1. The molecule has 3 rings (SSSR count). The second-order valence-corrected chi connectivity index (χ2v) is 6.93. The molecule has 2 bridgehead atoms. The molecular formula is C16H24O4. The summed E-state index contributed by atoms with van der Waals surface area (Å²) in [5.74, 6) is 0.626. The summed E-state index contributed by atoms with van der Waals surface area (Å²) in [4.78, 5) is 23.9. The smallest absolute Gasteiger partial charge is 0.308 e. The molecule has 4 heteroatoms. The summed E-state index contributed by atoms with van der Waals surface area (Å²) in [6.07, 6.45) is 3.81. The SMILES string of the molecule is COC(=O)[C@@H](C)C1CC[C@@]23CCC(=O)[C@@H](C)[C@@H]2[C@@H]1OC3. The largest absolute Gasteiger partial charge is 0.469 e. The van der Waals surface area contributed by atoms with Crippen LogP contribution in [0.25, 0.3) is 0 Å². The molecule has 4 nitrogen and oxygen atoms in total. The van der Waals surface area contributed by atoms with Crippen molar-refractivity contribution >= 4 is 11.8 Å². The zero-order valence-electron chi connectivity index (χ0n) is 12.6. The summed E-state index contributed by atoms with van der Waals surface area (Å²) >= 11 is 0. The Morgan fingerprint density at radius 1 is 1.45 bits per heavy atom. The molecule has 1 saturated heterocycles. The van der Waals surface area contributed by atoms with E-state index in [1.54, 1.807) is 0 Å². The first-order valence-corrected chi connectivity index (χ1v) is 7.72. The number of ether oxygens (including phenoxy) is 2. The van der Waals surface area contributed by atoms with Crippen molar-refractivity contribution in [3.05, 3.63) is 0 Å². The second kappa shape index (κ2) is 4.83. The van der Waals surface area contributed by atoms with E-state index in [1.165, 1.54) is 7.11 Å². The molecule has 3 aliphatic rings. The highest BCUT2D eigenvalue weighted by Crippen LogP contribution is 2.59. The van der Waals surface area contributed by atoms with Crippen LogP contribution in [0.5, 0.6) is 0 Å². The van der Waals surface area contributed by atoms with Crippen LogP contribution in [-0.4, -0.2) is 31.6 Å². The summed E-state index contributed by atoms with van der Waals surface area (Å²) in [6.45, 7) is 4.75. The van der Waals surface area contributed by atoms with Gasteiger partial charge in [-0.1, -0.05) is 13.8 Å². The summed E-state index contributed by atoms with van der Waals surface area (Å²) < 4.78 is 11.0. The van der Waals surface area contributed by atoms with E-state index in [4.69, 9.17) is 9.47 Å². The summed E-state index contributed by atoms with van der Waals surface area (Å²) in [7, 11) is 1.44. The predicted molar refractivity (Wildman–Crippen MR) is 73.0 cm³/mol. The van der Waals surface area contributed by atoms with Gasteiger partial charge in [0, 0.05) is 23.7 Å². The number of ketones is 1.